The maximum atomic E-state index is 12.6. The van der Waals surface area contributed by atoms with Gasteiger partial charge in [-0.05, 0) is 23.8 Å². The van der Waals surface area contributed by atoms with Gasteiger partial charge in [-0.2, -0.15) is 13.2 Å². The number of hydrogen-bond donors (Lipinski definition) is 1. The lowest BCUT2D eigenvalue weighted by Gasteiger charge is -2.35. The Bertz CT molecular complexity index is 838. The van der Waals surface area contributed by atoms with Crippen molar-refractivity contribution in [1.82, 2.24) is 15.2 Å². The van der Waals surface area contributed by atoms with E-state index in [4.69, 9.17) is 9.47 Å². The zero-order valence-electron chi connectivity index (χ0n) is 17.0. The van der Waals surface area contributed by atoms with Gasteiger partial charge >= 0.3 is 6.18 Å². The minimum atomic E-state index is -4.45. The fourth-order valence-corrected chi connectivity index (χ4v) is 3.22. The molecule has 0 bridgehead atoms. The number of carbonyl (C=O) groups is 1. The zero-order chi connectivity index (χ0) is 22.3. The van der Waals surface area contributed by atoms with Gasteiger partial charge in [0.1, 0.15) is 5.75 Å². The second-order valence-corrected chi connectivity index (χ2v) is 6.94. The fourth-order valence-electron chi connectivity index (χ4n) is 3.22. The monoisotopic (exact) mass is 439 g/mol. The minimum absolute atomic E-state index is 0.0684. The lowest BCUT2D eigenvalue weighted by Crippen LogP contribution is -2.43. The third kappa shape index (κ3) is 6.83. The van der Waals surface area contributed by atoms with E-state index in [9.17, 15) is 18.0 Å². The SMILES string of the molecule is COc1ccc([C@H](CNC(=O)c2ccc(OCC(F)(F)F)nc2)N2CCOCC2)cc1. The van der Waals surface area contributed by atoms with Crippen molar-refractivity contribution in [2.24, 2.45) is 0 Å². The van der Waals surface area contributed by atoms with Crippen LogP contribution in [0.15, 0.2) is 42.6 Å². The average molecular weight is 439 g/mol. The second kappa shape index (κ2) is 10.5. The molecule has 168 valence electrons. The number of methoxy groups -OCH3 is 1. The number of aromatic nitrogens is 1. The summed E-state index contributed by atoms with van der Waals surface area (Å²) in [7, 11) is 1.60. The molecule has 1 saturated heterocycles. The normalized spacial score (nSPS) is 15.9. The molecule has 31 heavy (non-hydrogen) atoms. The molecule has 1 atom stereocenters. The van der Waals surface area contributed by atoms with Crippen molar-refractivity contribution in [3.8, 4) is 11.6 Å². The van der Waals surface area contributed by atoms with Gasteiger partial charge in [-0.1, -0.05) is 12.1 Å². The molecular formula is C21H24F3N3O4. The van der Waals surface area contributed by atoms with E-state index in [0.29, 0.717) is 19.8 Å². The third-order valence-corrected chi connectivity index (χ3v) is 4.83. The highest BCUT2D eigenvalue weighted by Gasteiger charge is 2.28. The standard InChI is InChI=1S/C21H24F3N3O4/c1-29-17-5-2-15(3-6-17)18(27-8-10-30-11-9-27)13-26-20(28)16-4-7-19(25-12-16)31-14-21(22,23)24/h2-7,12,18H,8-11,13-14H2,1H3,(H,26,28)/t18-/m0/s1. The average Bonchev–Trinajstić information content (AvgIpc) is 2.78. The number of ether oxygens (including phenoxy) is 3. The molecule has 10 heteroatoms. The first kappa shape index (κ1) is 22.8. The Morgan fingerprint density at radius 1 is 1.19 bits per heavy atom. The highest BCUT2D eigenvalue weighted by Crippen LogP contribution is 2.24. The molecule has 1 amide bonds. The smallest absolute Gasteiger partial charge is 0.422 e. The van der Waals surface area contributed by atoms with Crippen LogP contribution in [0.5, 0.6) is 11.6 Å². The van der Waals surface area contributed by atoms with Crippen LogP contribution in [0.1, 0.15) is 22.0 Å². The Labute approximate surface area is 178 Å². The number of benzene rings is 1. The predicted molar refractivity (Wildman–Crippen MR) is 106 cm³/mol. The van der Waals surface area contributed by atoms with Crippen LogP contribution in [0.2, 0.25) is 0 Å². The fraction of sp³-hybridized carbons (Fsp3) is 0.429. The van der Waals surface area contributed by atoms with E-state index < -0.39 is 12.8 Å². The van der Waals surface area contributed by atoms with Gasteiger partial charge < -0.3 is 19.5 Å². The van der Waals surface area contributed by atoms with Crippen LogP contribution in [0.4, 0.5) is 13.2 Å². The molecule has 1 aliphatic heterocycles. The summed E-state index contributed by atoms with van der Waals surface area (Å²) in [5.41, 5.74) is 1.26. The van der Waals surface area contributed by atoms with Gasteiger partial charge in [0.2, 0.25) is 5.88 Å². The molecule has 1 aromatic carbocycles. The molecule has 0 saturated carbocycles. The van der Waals surface area contributed by atoms with E-state index in [1.54, 1.807) is 7.11 Å². The number of rotatable bonds is 8. The Morgan fingerprint density at radius 2 is 1.90 bits per heavy atom. The summed E-state index contributed by atoms with van der Waals surface area (Å²) in [4.78, 5) is 18.6. The third-order valence-electron chi connectivity index (χ3n) is 4.83. The van der Waals surface area contributed by atoms with Gasteiger partial charge in [-0.15, -0.1) is 0 Å². The van der Waals surface area contributed by atoms with Crippen molar-refractivity contribution in [2.45, 2.75) is 12.2 Å². The molecule has 1 N–H and O–H groups in total. The van der Waals surface area contributed by atoms with Crippen molar-refractivity contribution < 1.29 is 32.2 Å². The van der Waals surface area contributed by atoms with Crippen molar-refractivity contribution in [3.63, 3.8) is 0 Å². The number of pyridine rings is 1. The topological polar surface area (TPSA) is 72.9 Å². The van der Waals surface area contributed by atoms with Gasteiger partial charge in [0.25, 0.3) is 5.91 Å². The Morgan fingerprint density at radius 3 is 2.48 bits per heavy atom. The van der Waals surface area contributed by atoms with Crippen molar-refractivity contribution in [1.29, 1.82) is 0 Å². The number of carbonyl (C=O) groups excluding carboxylic acids is 1. The molecule has 0 radical (unpaired) electrons. The zero-order valence-corrected chi connectivity index (χ0v) is 17.0. The summed E-state index contributed by atoms with van der Waals surface area (Å²) in [6, 6.07) is 10.2. The van der Waals surface area contributed by atoms with E-state index in [1.165, 1.54) is 18.3 Å². The van der Waals surface area contributed by atoms with E-state index in [2.05, 4.69) is 19.9 Å². The van der Waals surface area contributed by atoms with Crippen LogP contribution < -0.4 is 14.8 Å². The van der Waals surface area contributed by atoms with Crippen molar-refractivity contribution >= 4 is 5.91 Å². The number of nitrogens with zero attached hydrogens (tertiary/aromatic N) is 2. The van der Waals surface area contributed by atoms with E-state index >= 15 is 0 Å². The van der Waals surface area contributed by atoms with Crippen LogP contribution in [-0.4, -0.2) is 68.5 Å². The summed E-state index contributed by atoms with van der Waals surface area (Å²) in [6.45, 7) is 1.61. The summed E-state index contributed by atoms with van der Waals surface area (Å²) in [5.74, 6) is 0.173. The molecule has 3 rings (SSSR count). The highest BCUT2D eigenvalue weighted by atomic mass is 19.4. The first-order valence-corrected chi connectivity index (χ1v) is 9.75. The molecule has 1 fully saturated rings. The van der Waals surface area contributed by atoms with Gasteiger partial charge in [-0.25, -0.2) is 4.98 Å². The first-order chi connectivity index (χ1) is 14.9. The predicted octanol–water partition coefficient (Wildman–Crippen LogP) is 2.83. The molecule has 0 spiro atoms. The van der Waals surface area contributed by atoms with Crippen LogP contribution in [-0.2, 0) is 4.74 Å². The molecule has 2 aromatic rings. The van der Waals surface area contributed by atoms with Crippen molar-refractivity contribution in [3.05, 3.63) is 53.7 Å². The van der Waals surface area contributed by atoms with Crippen LogP contribution >= 0.6 is 0 Å². The van der Waals surface area contributed by atoms with E-state index in [0.717, 1.165) is 24.4 Å². The quantitative estimate of drug-likeness (QED) is 0.682. The van der Waals surface area contributed by atoms with Gasteiger partial charge in [0.05, 0.1) is 31.9 Å². The summed E-state index contributed by atoms with van der Waals surface area (Å²) in [6.07, 6.45) is -3.26. The first-order valence-electron chi connectivity index (χ1n) is 9.75. The molecular weight excluding hydrogens is 415 g/mol. The maximum Gasteiger partial charge on any atom is 0.422 e. The Balaban J connectivity index is 1.63. The minimum Gasteiger partial charge on any atom is -0.497 e. The van der Waals surface area contributed by atoms with E-state index in [-0.39, 0.29) is 23.4 Å². The Kier molecular flexibility index (Phi) is 7.69. The number of morpholine rings is 1. The van der Waals surface area contributed by atoms with Gasteiger partial charge in [0, 0.05) is 31.9 Å². The lowest BCUT2D eigenvalue weighted by molar-refractivity contribution is -0.154. The number of halogens is 3. The summed E-state index contributed by atoms with van der Waals surface area (Å²) < 4.78 is 51.9. The molecule has 1 aromatic heterocycles. The molecule has 0 unspecified atom stereocenters. The molecule has 2 heterocycles. The summed E-state index contributed by atoms with van der Waals surface area (Å²) in [5, 5.41) is 2.89. The number of amides is 1. The van der Waals surface area contributed by atoms with Gasteiger partial charge in [-0.3, -0.25) is 9.69 Å². The number of hydrogen-bond acceptors (Lipinski definition) is 6. The largest absolute Gasteiger partial charge is 0.497 e. The number of alkyl halides is 3. The van der Waals surface area contributed by atoms with Crippen LogP contribution in [0.25, 0.3) is 0 Å². The highest BCUT2D eigenvalue weighted by molar-refractivity contribution is 5.93. The van der Waals surface area contributed by atoms with Crippen LogP contribution in [0.3, 0.4) is 0 Å². The van der Waals surface area contributed by atoms with E-state index in [1.807, 2.05) is 24.3 Å². The lowest BCUT2D eigenvalue weighted by atomic mass is 10.0. The van der Waals surface area contributed by atoms with Crippen LogP contribution in [0, 0.1) is 0 Å². The Hall–Kier alpha value is -2.85. The van der Waals surface area contributed by atoms with Crippen molar-refractivity contribution in [2.75, 3.05) is 46.6 Å². The number of nitrogens with one attached hydrogen (secondary N) is 1. The summed E-state index contributed by atoms with van der Waals surface area (Å²) >= 11 is 0. The second-order valence-electron chi connectivity index (χ2n) is 6.94. The molecule has 7 nitrogen and oxygen atoms in total. The maximum absolute atomic E-state index is 12.6. The molecule has 1 aliphatic rings. The van der Waals surface area contributed by atoms with Gasteiger partial charge in [0.15, 0.2) is 6.61 Å². The molecule has 0 aliphatic carbocycles.